The zero-order valence-electron chi connectivity index (χ0n) is 9.74. The summed E-state index contributed by atoms with van der Waals surface area (Å²) in [6.45, 7) is 3.69. The van der Waals surface area contributed by atoms with Crippen LogP contribution >= 0.6 is 15.9 Å². The molecule has 0 aliphatic carbocycles. The Morgan fingerprint density at radius 1 is 1.24 bits per heavy atom. The van der Waals surface area contributed by atoms with Gasteiger partial charge in [-0.25, -0.2) is 4.79 Å². The summed E-state index contributed by atoms with van der Waals surface area (Å²) in [5.41, 5.74) is 0.601. The molecule has 0 aliphatic rings. The average Bonchev–Trinajstić information content (AvgIpc) is 2.26. The molecule has 0 spiro atoms. The van der Waals surface area contributed by atoms with Gasteiger partial charge in [0.2, 0.25) is 0 Å². The lowest BCUT2D eigenvalue weighted by Gasteiger charge is -2.10. The first-order valence-corrected chi connectivity index (χ1v) is 6.26. The third kappa shape index (κ3) is 2.67. The number of rotatable bonds is 2. The predicted molar refractivity (Wildman–Crippen MR) is 72.2 cm³/mol. The molecule has 17 heavy (non-hydrogen) atoms. The van der Waals surface area contributed by atoms with Crippen molar-refractivity contribution in [3.63, 3.8) is 0 Å². The van der Waals surface area contributed by atoms with Gasteiger partial charge in [0, 0.05) is 4.47 Å². The van der Waals surface area contributed by atoms with Gasteiger partial charge >= 0.3 is 5.97 Å². The Labute approximate surface area is 109 Å². The molecule has 0 unspecified atom stereocenters. The van der Waals surface area contributed by atoms with Gasteiger partial charge in [0.25, 0.3) is 0 Å². The van der Waals surface area contributed by atoms with Crippen molar-refractivity contribution in [1.82, 2.24) is 0 Å². The highest BCUT2D eigenvalue weighted by Gasteiger charge is 2.13. The molecule has 2 aromatic carbocycles. The molecular weight excluding hydrogens is 280 g/mol. The fourth-order valence-corrected chi connectivity index (χ4v) is 2.20. The Balaban J connectivity index is 2.56. The molecule has 0 fully saturated rings. The average molecular weight is 293 g/mol. The summed E-state index contributed by atoms with van der Waals surface area (Å²) in [5.74, 6) is -0.280. The lowest BCUT2D eigenvalue weighted by molar-refractivity contribution is 0.0380. The summed E-state index contributed by atoms with van der Waals surface area (Å²) in [4.78, 5) is 12.0. The fraction of sp³-hybridized carbons (Fsp3) is 0.214. The number of carbonyl (C=O) groups is 1. The number of carbonyl (C=O) groups excluding carboxylic acids is 1. The van der Waals surface area contributed by atoms with Crippen LogP contribution in [-0.4, -0.2) is 12.1 Å². The summed E-state index contributed by atoms with van der Waals surface area (Å²) in [6, 6.07) is 11.6. The number of benzene rings is 2. The van der Waals surface area contributed by atoms with E-state index in [2.05, 4.69) is 15.9 Å². The second-order valence-electron chi connectivity index (χ2n) is 4.13. The lowest BCUT2D eigenvalue weighted by Crippen LogP contribution is -2.12. The van der Waals surface area contributed by atoms with Crippen LogP contribution in [0.5, 0.6) is 0 Å². The van der Waals surface area contributed by atoms with Crippen molar-refractivity contribution < 1.29 is 9.53 Å². The minimum Gasteiger partial charge on any atom is -0.459 e. The summed E-state index contributed by atoms with van der Waals surface area (Å²) in [6.07, 6.45) is -0.111. The minimum atomic E-state index is -0.280. The van der Waals surface area contributed by atoms with Crippen LogP contribution in [0.4, 0.5) is 0 Å². The van der Waals surface area contributed by atoms with Crippen molar-refractivity contribution in [2.45, 2.75) is 20.0 Å². The molecule has 3 heteroatoms. The monoisotopic (exact) mass is 292 g/mol. The molecule has 2 nitrogen and oxygen atoms in total. The predicted octanol–water partition coefficient (Wildman–Crippen LogP) is 4.17. The Bertz CT molecular complexity index is 561. The van der Waals surface area contributed by atoms with Crippen LogP contribution in [0.3, 0.4) is 0 Å². The van der Waals surface area contributed by atoms with E-state index in [1.54, 1.807) is 6.07 Å². The van der Waals surface area contributed by atoms with Crippen molar-refractivity contribution in [3.05, 3.63) is 46.4 Å². The number of esters is 1. The molecule has 0 bridgehead atoms. The third-order valence-corrected chi connectivity index (χ3v) is 2.85. The molecule has 0 heterocycles. The highest BCUT2D eigenvalue weighted by molar-refractivity contribution is 9.10. The minimum absolute atomic E-state index is 0.111. The lowest BCUT2D eigenvalue weighted by atomic mass is 10.0. The van der Waals surface area contributed by atoms with Crippen molar-refractivity contribution in [1.29, 1.82) is 0 Å². The van der Waals surface area contributed by atoms with Crippen LogP contribution in [-0.2, 0) is 4.74 Å². The van der Waals surface area contributed by atoms with E-state index in [1.165, 1.54) is 0 Å². The maximum Gasteiger partial charge on any atom is 0.339 e. The molecule has 0 N–H and O–H groups in total. The molecule has 0 aromatic heterocycles. The van der Waals surface area contributed by atoms with Crippen LogP contribution in [0.1, 0.15) is 24.2 Å². The topological polar surface area (TPSA) is 26.3 Å². The molecule has 2 rings (SSSR count). The van der Waals surface area contributed by atoms with Crippen LogP contribution in [0.2, 0.25) is 0 Å². The molecule has 88 valence electrons. The van der Waals surface area contributed by atoms with Gasteiger partial charge in [-0.3, -0.25) is 0 Å². The standard InChI is InChI=1S/C14H13BrO2/c1-9(2)17-14(16)13-8-11(15)7-10-5-3-4-6-12(10)13/h3-9H,1-2H3. The summed E-state index contributed by atoms with van der Waals surface area (Å²) in [5, 5.41) is 1.94. The number of hydrogen-bond acceptors (Lipinski definition) is 2. The van der Waals surface area contributed by atoms with Crippen molar-refractivity contribution in [2.75, 3.05) is 0 Å². The van der Waals surface area contributed by atoms with Crippen LogP contribution in [0.25, 0.3) is 10.8 Å². The van der Waals surface area contributed by atoms with E-state index < -0.39 is 0 Å². The Morgan fingerprint density at radius 2 is 1.94 bits per heavy atom. The highest BCUT2D eigenvalue weighted by atomic mass is 79.9. The maximum atomic E-state index is 12.0. The summed E-state index contributed by atoms with van der Waals surface area (Å²) >= 11 is 3.41. The van der Waals surface area contributed by atoms with Gasteiger partial charge in [0.05, 0.1) is 11.7 Å². The number of fused-ring (bicyclic) bond motifs is 1. The van der Waals surface area contributed by atoms with Gasteiger partial charge in [-0.05, 0) is 36.8 Å². The first kappa shape index (κ1) is 12.1. The molecule has 0 atom stereocenters. The van der Waals surface area contributed by atoms with Crippen molar-refractivity contribution in [2.24, 2.45) is 0 Å². The highest BCUT2D eigenvalue weighted by Crippen LogP contribution is 2.25. The van der Waals surface area contributed by atoms with Crippen LogP contribution < -0.4 is 0 Å². The van der Waals surface area contributed by atoms with Gasteiger partial charge < -0.3 is 4.74 Å². The van der Waals surface area contributed by atoms with E-state index in [0.717, 1.165) is 15.2 Å². The molecule has 0 aliphatic heterocycles. The van der Waals surface area contributed by atoms with Crippen molar-refractivity contribution >= 4 is 32.7 Å². The second-order valence-corrected chi connectivity index (χ2v) is 5.04. The second kappa shape index (κ2) is 4.88. The number of hydrogen-bond donors (Lipinski definition) is 0. The smallest absolute Gasteiger partial charge is 0.339 e. The molecule has 0 amide bonds. The van der Waals surface area contributed by atoms with Gasteiger partial charge in [0.1, 0.15) is 0 Å². The number of halogens is 1. The zero-order chi connectivity index (χ0) is 12.4. The fourth-order valence-electron chi connectivity index (χ4n) is 1.72. The quantitative estimate of drug-likeness (QED) is 0.777. The largest absolute Gasteiger partial charge is 0.459 e. The van der Waals surface area contributed by atoms with Crippen LogP contribution in [0, 0.1) is 0 Å². The molecule has 0 saturated carbocycles. The molecule has 2 aromatic rings. The first-order valence-electron chi connectivity index (χ1n) is 5.47. The zero-order valence-corrected chi connectivity index (χ0v) is 11.3. The third-order valence-electron chi connectivity index (χ3n) is 2.39. The van der Waals surface area contributed by atoms with Crippen molar-refractivity contribution in [3.8, 4) is 0 Å². The summed E-state index contributed by atoms with van der Waals surface area (Å²) in [7, 11) is 0. The van der Waals surface area contributed by atoms with Gasteiger partial charge in [0.15, 0.2) is 0 Å². The normalized spacial score (nSPS) is 10.8. The van der Waals surface area contributed by atoms with Gasteiger partial charge in [-0.1, -0.05) is 40.2 Å². The Morgan fingerprint density at radius 3 is 2.65 bits per heavy atom. The van der Waals surface area contributed by atoms with E-state index in [1.807, 2.05) is 44.2 Å². The van der Waals surface area contributed by atoms with E-state index in [4.69, 9.17) is 4.74 Å². The maximum absolute atomic E-state index is 12.0. The Hall–Kier alpha value is -1.35. The van der Waals surface area contributed by atoms with E-state index >= 15 is 0 Å². The van der Waals surface area contributed by atoms with Gasteiger partial charge in [-0.15, -0.1) is 0 Å². The Kier molecular flexibility index (Phi) is 3.48. The van der Waals surface area contributed by atoms with E-state index in [9.17, 15) is 4.79 Å². The van der Waals surface area contributed by atoms with Crippen LogP contribution in [0.15, 0.2) is 40.9 Å². The summed E-state index contributed by atoms with van der Waals surface area (Å²) < 4.78 is 6.12. The first-order chi connectivity index (χ1) is 8.08. The number of ether oxygens (including phenoxy) is 1. The van der Waals surface area contributed by atoms with E-state index in [-0.39, 0.29) is 12.1 Å². The molecule has 0 saturated heterocycles. The van der Waals surface area contributed by atoms with Gasteiger partial charge in [-0.2, -0.15) is 0 Å². The SMILES string of the molecule is CC(C)OC(=O)c1cc(Br)cc2ccccc12. The molecular formula is C14H13BrO2. The molecule has 0 radical (unpaired) electrons. The van der Waals surface area contributed by atoms with E-state index in [0.29, 0.717) is 5.56 Å².